The highest BCUT2D eigenvalue weighted by Gasteiger charge is 2.41. The molecule has 1 aliphatic carbocycles. The van der Waals surface area contributed by atoms with Crippen LogP contribution in [0.4, 0.5) is 5.69 Å². The molecule has 1 aromatic carbocycles. The third-order valence-corrected chi connectivity index (χ3v) is 4.35. The monoisotopic (exact) mass is 300 g/mol. The second kappa shape index (κ2) is 5.67. The van der Waals surface area contributed by atoms with Gasteiger partial charge < -0.3 is 9.67 Å². The summed E-state index contributed by atoms with van der Waals surface area (Å²) < 4.78 is 1.83. The molecule has 1 aromatic heterocycles. The molecule has 0 amide bonds. The van der Waals surface area contributed by atoms with Crippen LogP contribution in [0.25, 0.3) is 0 Å². The Labute approximate surface area is 127 Å². The van der Waals surface area contributed by atoms with Gasteiger partial charge in [0, 0.05) is 13.0 Å². The Morgan fingerprint density at radius 3 is 2.82 bits per heavy atom. The van der Waals surface area contributed by atoms with E-state index in [9.17, 15) is 9.70 Å². The largest absolute Gasteiger partial charge is 0.481 e. The maximum atomic E-state index is 11.1. The zero-order valence-electron chi connectivity index (χ0n) is 12.1. The number of carboxylic acid groups (broad SMARTS) is 1. The Morgan fingerprint density at radius 1 is 1.45 bits per heavy atom. The van der Waals surface area contributed by atoms with Crippen molar-refractivity contribution in [2.75, 3.05) is 0 Å². The molecule has 1 aliphatic rings. The average Bonchev–Trinajstić information content (AvgIpc) is 2.87. The number of carbonyl (C=O) groups is 1. The Morgan fingerprint density at radius 2 is 2.23 bits per heavy atom. The fraction of sp³-hybridized carbons (Fsp3) is 0.400. The summed E-state index contributed by atoms with van der Waals surface area (Å²) in [6.45, 7) is 0. The molecule has 22 heavy (non-hydrogen) atoms. The first kappa shape index (κ1) is 14.4. The van der Waals surface area contributed by atoms with E-state index in [0.717, 1.165) is 11.4 Å². The molecule has 0 bridgehead atoms. The van der Waals surface area contributed by atoms with Crippen LogP contribution < -0.4 is 0 Å². The number of aryl methyl sites for hydroxylation is 1. The fourth-order valence-corrected chi connectivity index (χ4v) is 3.12. The van der Waals surface area contributed by atoms with Crippen LogP contribution in [0.2, 0.25) is 0 Å². The van der Waals surface area contributed by atoms with Crippen LogP contribution >= 0.6 is 0 Å². The van der Waals surface area contributed by atoms with Gasteiger partial charge in [0.05, 0.1) is 5.92 Å². The van der Waals surface area contributed by atoms with E-state index in [1.54, 1.807) is 24.5 Å². The lowest BCUT2D eigenvalue weighted by Gasteiger charge is -2.38. The van der Waals surface area contributed by atoms with E-state index in [4.69, 9.17) is 5.11 Å². The molecule has 1 N–H and O–H groups in total. The molecule has 1 heterocycles. The van der Waals surface area contributed by atoms with Crippen molar-refractivity contribution in [3.63, 3.8) is 0 Å². The minimum Gasteiger partial charge on any atom is -0.481 e. The second-order valence-electron chi connectivity index (χ2n) is 5.73. The Bertz CT molecular complexity index is 706. The number of hydrogen-bond acceptors (Lipinski definition) is 5. The van der Waals surface area contributed by atoms with Crippen molar-refractivity contribution in [2.45, 2.75) is 18.8 Å². The number of hydrogen-bond donors (Lipinski definition) is 1. The molecule has 1 fully saturated rings. The van der Waals surface area contributed by atoms with Crippen molar-refractivity contribution in [1.82, 2.24) is 14.8 Å². The van der Waals surface area contributed by atoms with Crippen LogP contribution in [0.15, 0.2) is 35.8 Å². The molecule has 1 saturated carbocycles. The van der Waals surface area contributed by atoms with Gasteiger partial charge in [-0.05, 0) is 41.6 Å². The van der Waals surface area contributed by atoms with Gasteiger partial charge in [-0.25, -0.2) is 0 Å². The predicted molar refractivity (Wildman–Crippen MR) is 78.6 cm³/mol. The van der Waals surface area contributed by atoms with E-state index in [-0.39, 0.29) is 17.8 Å². The fourth-order valence-electron chi connectivity index (χ4n) is 3.12. The summed E-state index contributed by atoms with van der Waals surface area (Å²) in [5.41, 5.74) is 1.28. The van der Waals surface area contributed by atoms with Gasteiger partial charge in [-0.15, -0.1) is 15.1 Å². The number of nitrogens with zero attached hydrogens (tertiary/aromatic N) is 4. The highest BCUT2D eigenvalue weighted by Crippen LogP contribution is 2.46. The smallest absolute Gasteiger partial charge is 0.306 e. The molecular formula is C15H16N4O3. The third-order valence-electron chi connectivity index (χ3n) is 4.35. The maximum absolute atomic E-state index is 11.1. The Hall–Kier alpha value is -2.57. The summed E-state index contributed by atoms with van der Waals surface area (Å²) in [5, 5.41) is 20.2. The van der Waals surface area contributed by atoms with Gasteiger partial charge in [-0.3, -0.25) is 4.79 Å². The SMILES string of the molecule is Cn1cnnc1C(c1cccc(N=O)c1)C1CC(C(=O)O)C1. The zero-order valence-corrected chi connectivity index (χ0v) is 12.1. The number of benzene rings is 1. The van der Waals surface area contributed by atoms with Crippen LogP contribution in [0.5, 0.6) is 0 Å². The van der Waals surface area contributed by atoms with E-state index in [2.05, 4.69) is 15.4 Å². The van der Waals surface area contributed by atoms with Crippen LogP contribution in [-0.4, -0.2) is 25.8 Å². The summed E-state index contributed by atoms with van der Waals surface area (Å²) in [6.07, 6.45) is 2.83. The van der Waals surface area contributed by atoms with E-state index < -0.39 is 5.97 Å². The Kier molecular flexibility index (Phi) is 3.70. The predicted octanol–water partition coefficient (Wildman–Crippen LogP) is 2.46. The van der Waals surface area contributed by atoms with E-state index in [0.29, 0.717) is 18.5 Å². The first-order chi connectivity index (χ1) is 10.6. The minimum absolute atomic E-state index is 0.0789. The van der Waals surface area contributed by atoms with Crippen LogP contribution in [-0.2, 0) is 11.8 Å². The van der Waals surface area contributed by atoms with E-state index in [1.165, 1.54) is 0 Å². The minimum atomic E-state index is -0.753. The van der Waals surface area contributed by atoms with Crippen molar-refractivity contribution in [3.8, 4) is 0 Å². The van der Waals surface area contributed by atoms with E-state index >= 15 is 0 Å². The lowest BCUT2D eigenvalue weighted by molar-refractivity contribution is -0.146. The zero-order chi connectivity index (χ0) is 15.7. The van der Waals surface area contributed by atoms with Crippen LogP contribution in [0.3, 0.4) is 0 Å². The van der Waals surface area contributed by atoms with Gasteiger partial charge in [0.15, 0.2) is 0 Å². The summed E-state index contributed by atoms with van der Waals surface area (Å²) >= 11 is 0. The van der Waals surface area contributed by atoms with E-state index in [1.807, 2.05) is 17.7 Å². The summed E-state index contributed by atoms with van der Waals surface area (Å²) in [4.78, 5) is 21.8. The van der Waals surface area contributed by atoms with Gasteiger partial charge in [0.2, 0.25) is 0 Å². The number of carboxylic acids is 1. The van der Waals surface area contributed by atoms with Crippen LogP contribution in [0, 0.1) is 16.7 Å². The van der Waals surface area contributed by atoms with Gasteiger partial charge in [0.25, 0.3) is 0 Å². The molecule has 0 radical (unpaired) electrons. The van der Waals surface area contributed by atoms with Crippen molar-refractivity contribution < 1.29 is 9.90 Å². The first-order valence-corrected chi connectivity index (χ1v) is 7.10. The summed E-state index contributed by atoms with van der Waals surface area (Å²) in [6, 6.07) is 7.08. The number of aliphatic carboxylic acids is 1. The normalized spacial score (nSPS) is 21.9. The van der Waals surface area contributed by atoms with Crippen molar-refractivity contribution in [2.24, 2.45) is 24.1 Å². The molecule has 0 spiro atoms. The highest BCUT2D eigenvalue weighted by atomic mass is 16.4. The quantitative estimate of drug-likeness (QED) is 0.855. The van der Waals surface area contributed by atoms with Gasteiger partial charge in [-0.2, -0.15) is 0 Å². The first-order valence-electron chi connectivity index (χ1n) is 7.10. The number of rotatable bonds is 5. The number of aromatic nitrogens is 3. The lowest BCUT2D eigenvalue weighted by Crippen LogP contribution is -2.35. The molecule has 7 heteroatoms. The molecular weight excluding hydrogens is 284 g/mol. The summed E-state index contributed by atoms with van der Waals surface area (Å²) in [5.74, 6) is -0.183. The lowest BCUT2D eigenvalue weighted by atomic mass is 9.66. The maximum Gasteiger partial charge on any atom is 0.306 e. The standard InChI is InChI=1S/C15H16N4O3/c1-19-8-16-17-14(19)13(10-5-11(6-10)15(20)21)9-3-2-4-12(7-9)18-22/h2-4,7-8,10-11,13H,5-6H2,1H3,(H,20,21). The van der Waals surface area contributed by atoms with Crippen molar-refractivity contribution in [3.05, 3.63) is 46.9 Å². The average molecular weight is 300 g/mol. The molecule has 0 aliphatic heterocycles. The molecule has 114 valence electrons. The van der Waals surface area contributed by atoms with Crippen molar-refractivity contribution in [1.29, 1.82) is 0 Å². The molecule has 1 atom stereocenters. The number of nitroso groups, excluding NO2 is 1. The molecule has 2 aromatic rings. The van der Waals surface area contributed by atoms with Gasteiger partial charge in [-0.1, -0.05) is 12.1 Å². The van der Waals surface area contributed by atoms with Crippen molar-refractivity contribution >= 4 is 11.7 Å². The summed E-state index contributed by atoms with van der Waals surface area (Å²) in [7, 11) is 1.86. The molecule has 7 nitrogen and oxygen atoms in total. The third kappa shape index (κ3) is 2.49. The Balaban J connectivity index is 1.95. The molecule has 0 saturated heterocycles. The van der Waals surface area contributed by atoms with Gasteiger partial charge in [0.1, 0.15) is 17.8 Å². The van der Waals surface area contributed by atoms with Gasteiger partial charge >= 0.3 is 5.97 Å². The topological polar surface area (TPSA) is 97.4 Å². The highest BCUT2D eigenvalue weighted by molar-refractivity contribution is 5.71. The second-order valence-corrected chi connectivity index (χ2v) is 5.73. The molecule has 1 unspecified atom stereocenters. The molecule has 3 rings (SSSR count). The van der Waals surface area contributed by atoms with Crippen LogP contribution in [0.1, 0.15) is 30.1 Å².